The monoisotopic (exact) mass is 259 g/mol. The molecule has 0 saturated carbocycles. The van der Waals surface area contributed by atoms with Crippen LogP contribution < -0.4 is 4.74 Å². The number of nitriles is 1. The van der Waals surface area contributed by atoms with E-state index in [0.29, 0.717) is 12.4 Å². The first kappa shape index (κ1) is 13.1. The topological polar surface area (TPSA) is 50.8 Å². The van der Waals surface area contributed by atoms with Crippen LogP contribution in [-0.4, -0.2) is 9.55 Å². The Morgan fingerprint density at radius 1 is 1.47 bits per heavy atom. The molecule has 0 N–H and O–H groups in total. The minimum atomic E-state index is -0.568. The van der Waals surface area contributed by atoms with Gasteiger partial charge in [0.05, 0.1) is 23.8 Å². The summed E-state index contributed by atoms with van der Waals surface area (Å²) in [5, 5.41) is 8.64. The summed E-state index contributed by atoms with van der Waals surface area (Å²) in [5.41, 5.74) is 0.954. The largest absolute Gasteiger partial charge is 0.487 e. The maximum atomic E-state index is 13.4. The van der Waals surface area contributed by atoms with E-state index < -0.39 is 5.82 Å². The molecule has 0 fully saturated rings. The zero-order chi connectivity index (χ0) is 13.7. The quantitative estimate of drug-likeness (QED) is 0.829. The zero-order valence-corrected chi connectivity index (χ0v) is 10.6. The van der Waals surface area contributed by atoms with E-state index in [4.69, 9.17) is 10.00 Å². The van der Waals surface area contributed by atoms with Gasteiger partial charge >= 0.3 is 0 Å². The number of hydrogen-bond acceptors (Lipinski definition) is 3. The molecule has 0 unspecified atom stereocenters. The molecule has 0 bridgehead atoms. The van der Waals surface area contributed by atoms with E-state index in [1.165, 1.54) is 12.1 Å². The third kappa shape index (κ3) is 3.10. The molecule has 2 aromatic rings. The second kappa shape index (κ2) is 6.01. The minimum Gasteiger partial charge on any atom is -0.487 e. The number of rotatable bonds is 5. The Hall–Kier alpha value is -2.35. The van der Waals surface area contributed by atoms with Crippen molar-refractivity contribution in [2.75, 3.05) is 0 Å². The molecule has 0 radical (unpaired) electrons. The summed E-state index contributed by atoms with van der Waals surface area (Å²) >= 11 is 0. The first-order chi connectivity index (χ1) is 9.24. The highest BCUT2D eigenvalue weighted by Gasteiger charge is 2.05. The number of aryl methyl sites for hydroxylation is 1. The van der Waals surface area contributed by atoms with Crippen molar-refractivity contribution in [2.45, 2.75) is 26.5 Å². The van der Waals surface area contributed by atoms with E-state index in [1.54, 1.807) is 24.7 Å². The van der Waals surface area contributed by atoms with E-state index >= 15 is 0 Å². The third-order valence-corrected chi connectivity index (χ3v) is 2.71. The normalized spacial score (nSPS) is 10.2. The fraction of sp³-hybridized carbons (Fsp3) is 0.286. The molecular formula is C14H14FN3O. The van der Waals surface area contributed by atoms with Gasteiger partial charge in [-0.1, -0.05) is 6.92 Å². The van der Waals surface area contributed by atoms with Gasteiger partial charge in [0.1, 0.15) is 24.2 Å². The summed E-state index contributed by atoms with van der Waals surface area (Å²) in [7, 11) is 0. The van der Waals surface area contributed by atoms with Crippen LogP contribution in [0.15, 0.2) is 30.7 Å². The van der Waals surface area contributed by atoms with Crippen molar-refractivity contribution in [1.29, 1.82) is 5.26 Å². The molecule has 1 heterocycles. The first-order valence-electron chi connectivity index (χ1n) is 6.06. The van der Waals surface area contributed by atoms with Crippen molar-refractivity contribution in [2.24, 2.45) is 0 Å². The molecule has 0 aliphatic rings. The number of halogens is 1. The molecule has 2 rings (SSSR count). The highest BCUT2D eigenvalue weighted by molar-refractivity contribution is 5.36. The molecule has 0 aliphatic carbocycles. The SMILES string of the molecule is CCCn1cncc1COc1ccc(C#N)c(F)c1. The molecule has 98 valence electrons. The van der Waals surface area contributed by atoms with E-state index in [9.17, 15) is 4.39 Å². The highest BCUT2D eigenvalue weighted by Crippen LogP contribution is 2.17. The van der Waals surface area contributed by atoms with Crippen molar-refractivity contribution >= 4 is 0 Å². The van der Waals surface area contributed by atoms with Crippen LogP contribution in [0.4, 0.5) is 4.39 Å². The van der Waals surface area contributed by atoms with E-state index in [2.05, 4.69) is 11.9 Å². The van der Waals surface area contributed by atoms with Gasteiger partial charge in [-0.3, -0.25) is 0 Å². The Balaban J connectivity index is 2.04. The molecule has 0 amide bonds. The van der Waals surface area contributed by atoms with Crippen molar-refractivity contribution < 1.29 is 9.13 Å². The summed E-state index contributed by atoms with van der Waals surface area (Å²) in [6.07, 6.45) is 4.49. The summed E-state index contributed by atoms with van der Waals surface area (Å²) in [4.78, 5) is 4.06. The number of benzene rings is 1. The molecule has 0 spiro atoms. The van der Waals surface area contributed by atoms with E-state index in [0.717, 1.165) is 18.7 Å². The van der Waals surface area contributed by atoms with Gasteiger partial charge in [-0.05, 0) is 18.6 Å². The summed E-state index contributed by atoms with van der Waals surface area (Å²) in [5.74, 6) is -0.164. The Bertz CT molecular complexity index is 601. The molecule has 19 heavy (non-hydrogen) atoms. The lowest BCUT2D eigenvalue weighted by Gasteiger charge is -2.09. The average Bonchev–Trinajstić information content (AvgIpc) is 2.84. The molecule has 0 saturated heterocycles. The second-order valence-corrected chi connectivity index (χ2v) is 4.12. The molecule has 0 atom stereocenters. The lowest BCUT2D eigenvalue weighted by atomic mass is 10.2. The zero-order valence-electron chi connectivity index (χ0n) is 10.6. The van der Waals surface area contributed by atoms with Gasteiger partial charge in [0.15, 0.2) is 0 Å². The van der Waals surface area contributed by atoms with Gasteiger partial charge in [-0.15, -0.1) is 0 Å². The predicted molar refractivity (Wildman–Crippen MR) is 68.0 cm³/mol. The maximum Gasteiger partial charge on any atom is 0.144 e. The fourth-order valence-electron chi connectivity index (χ4n) is 1.74. The van der Waals surface area contributed by atoms with Crippen LogP contribution in [0.5, 0.6) is 5.75 Å². The molecule has 5 heteroatoms. The number of ether oxygens (including phenoxy) is 1. The lowest BCUT2D eigenvalue weighted by molar-refractivity contribution is 0.293. The summed E-state index contributed by atoms with van der Waals surface area (Å²) < 4.78 is 20.9. The predicted octanol–water partition coefficient (Wildman–Crippen LogP) is 2.88. The summed E-state index contributed by atoms with van der Waals surface area (Å²) in [6, 6.07) is 5.99. The second-order valence-electron chi connectivity index (χ2n) is 4.12. The van der Waals surface area contributed by atoms with Crippen LogP contribution in [0.2, 0.25) is 0 Å². The standard InChI is InChI=1S/C14H14FN3O/c1-2-5-18-10-17-8-12(18)9-19-13-4-3-11(7-16)14(15)6-13/h3-4,6,8,10H,2,5,9H2,1H3. The Kier molecular flexibility index (Phi) is 4.14. The van der Waals surface area contributed by atoms with Gasteiger partial charge < -0.3 is 9.30 Å². The molecule has 1 aromatic heterocycles. The molecule has 4 nitrogen and oxygen atoms in total. The Morgan fingerprint density at radius 3 is 3.00 bits per heavy atom. The smallest absolute Gasteiger partial charge is 0.144 e. The van der Waals surface area contributed by atoms with Gasteiger partial charge in [-0.25, -0.2) is 9.37 Å². The van der Waals surface area contributed by atoms with Gasteiger partial charge in [0.25, 0.3) is 0 Å². The summed E-state index contributed by atoms with van der Waals surface area (Å²) in [6.45, 7) is 3.28. The van der Waals surface area contributed by atoms with Crippen molar-refractivity contribution in [3.05, 3.63) is 47.8 Å². The number of aromatic nitrogens is 2. The van der Waals surface area contributed by atoms with Gasteiger partial charge in [0, 0.05) is 12.6 Å². The van der Waals surface area contributed by atoms with Crippen molar-refractivity contribution in [3.63, 3.8) is 0 Å². The van der Waals surface area contributed by atoms with E-state index in [-0.39, 0.29) is 5.56 Å². The van der Waals surface area contributed by atoms with Crippen LogP contribution in [-0.2, 0) is 13.2 Å². The number of imidazole rings is 1. The number of hydrogen-bond donors (Lipinski definition) is 0. The van der Waals surface area contributed by atoms with Crippen LogP contribution in [0.1, 0.15) is 24.6 Å². The first-order valence-corrected chi connectivity index (χ1v) is 6.06. The minimum absolute atomic E-state index is 0.0170. The average molecular weight is 259 g/mol. The highest BCUT2D eigenvalue weighted by atomic mass is 19.1. The Morgan fingerprint density at radius 2 is 2.32 bits per heavy atom. The maximum absolute atomic E-state index is 13.4. The van der Waals surface area contributed by atoms with Crippen molar-refractivity contribution in [3.8, 4) is 11.8 Å². The molecule has 0 aliphatic heterocycles. The third-order valence-electron chi connectivity index (χ3n) is 2.71. The fourth-order valence-corrected chi connectivity index (χ4v) is 1.74. The molecule has 1 aromatic carbocycles. The number of nitrogens with zero attached hydrogens (tertiary/aromatic N) is 3. The van der Waals surface area contributed by atoms with Crippen LogP contribution in [0.3, 0.4) is 0 Å². The van der Waals surface area contributed by atoms with Crippen LogP contribution in [0, 0.1) is 17.1 Å². The van der Waals surface area contributed by atoms with Crippen molar-refractivity contribution in [1.82, 2.24) is 9.55 Å². The van der Waals surface area contributed by atoms with Gasteiger partial charge in [-0.2, -0.15) is 5.26 Å². The Labute approximate surface area is 111 Å². The van der Waals surface area contributed by atoms with Crippen LogP contribution in [0.25, 0.3) is 0 Å². The van der Waals surface area contributed by atoms with Crippen LogP contribution >= 0.6 is 0 Å². The van der Waals surface area contributed by atoms with Gasteiger partial charge in [0.2, 0.25) is 0 Å². The van der Waals surface area contributed by atoms with E-state index in [1.807, 2.05) is 4.57 Å². The molecular weight excluding hydrogens is 245 g/mol. The lowest BCUT2D eigenvalue weighted by Crippen LogP contribution is -2.05.